The van der Waals surface area contributed by atoms with E-state index in [2.05, 4.69) is 22.3 Å². The number of hydrogen-bond donors (Lipinski definition) is 1. The monoisotopic (exact) mass is 296 g/mol. The lowest BCUT2D eigenvalue weighted by Crippen LogP contribution is -2.26. The fourth-order valence-corrected chi connectivity index (χ4v) is 2.40. The Labute approximate surface area is 123 Å². The quantitative estimate of drug-likeness (QED) is 0.890. The molecule has 1 unspecified atom stereocenters. The van der Waals surface area contributed by atoms with Crippen molar-refractivity contribution in [2.45, 2.75) is 32.9 Å². The molecule has 0 saturated carbocycles. The molecule has 2 aromatic heterocycles. The fraction of sp³-hybridized carbons (Fsp3) is 0.429. The van der Waals surface area contributed by atoms with Crippen molar-refractivity contribution in [1.82, 2.24) is 20.1 Å². The highest BCUT2D eigenvalue weighted by molar-refractivity contribution is 6.31. The van der Waals surface area contributed by atoms with E-state index in [0.717, 1.165) is 30.9 Å². The van der Waals surface area contributed by atoms with Gasteiger partial charge < -0.3 is 5.32 Å². The van der Waals surface area contributed by atoms with Gasteiger partial charge in [-0.3, -0.25) is 9.67 Å². The molecule has 0 saturated heterocycles. The molecule has 1 atom stereocenters. The number of rotatable bonds is 6. The smallest absolute Gasteiger partial charge is 0.141 e. The van der Waals surface area contributed by atoms with E-state index in [9.17, 15) is 4.39 Å². The Balaban J connectivity index is 2.42. The third-order valence-electron chi connectivity index (χ3n) is 3.00. The number of nitrogens with zero attached hydrogens (tertiary/aromatic N) is 3. The van der Waals surface area contributed by atoms with Gasteiger partial charge in [-0.05, 0) is 25.1 Å². The molecule has 2 aromatic rings. The Morgan fingerprint density at radius 3 is 2.75 bits per heavy atom. The zero-order valence-corrected chi connectivity index (χ0v) is 12.4. The minimum absolute atomic E-state index is 0.192. The summed E-state index contributed by atoms with van der Waals surface area (Å²) in [4.78, 5) is 4.16. The van der Waals surface area contributed by atoms with Crippen molar-refractivity contribution in [2.24, 2.45) is 0 Å². The Kier molecular flexibility index (Phi) is 5.09. The molecule has 0 aliphatic heterocycles. The predicted octanol–water partition coefficient (Wildman–Crippen LogP) is 3.18. The maximum Gasteiger partial charge on any atom is 0.141 e. The van der Waals surface area contributed by atoms with Gasteiger partial charge in [-0.2, -0.15) is 5.10 Å². The highest BCUT2D eigenvalue weighted by Crippen LogP contribution is 2.27. The number of hydrogen-bond acceptors (Lipinski definition) is 3. The Morgan fingerprint density at radius 2 is 2.15 bits per heavy atom. The van der Waals surface area contributed by atoms with Crippen LogP contribution in [0.15, 0.2) is 24.5 Å². The van der Waals surface area contributed by atoms with Crippen LogP contribution in [0.25, 0.3) is 0 Å². The first-order valence-corrected chi connectivity index (χ1v) is 7.11. The number of halogens is 2. The average molecular weight is 297 g/mol. The first kappa shape index (κ1) is 14.9. The van der Waals surface area contributed by atoms with E-state index in [-0.39, 0.29) is 11.9 Å². The zero-order chi connectivity index (χ0) is 14.5. The lowest BCUT2D eigenvalue weighted by molar-refractivity contribution is 0.513. The largest absolute Gasteiger partial charge is 0.304 e. The van der Waals surface area contributed by atoms with Crippen LogP contribution in [-0.4, -0.2) is 21.3 Å². The average Bonchev–Trinajstić information content (AvgIpc) is 2.79. The molecule has 0 amide bonds. The SMILES string of the molecule is CCCn1ncc(Cl)c1C(NCC)c1ccc(F)cn1. The Hall–Kier alpha value is -1.46. The van der Waals surface area contributed by atoms with Gasteiger partial charge in [-0.1, -0.05) is 25.4 Å². The maximum atomic E-state index is 13.0. The number of aryl methyl sites for hydroxylation is 1. The lowest BCUT2D eigenvalue weighted by Gasteiger charge is -2.19. The second-order valence-electron chi connectivity index (χ2n) is 4.49. The van der Waals surface area contributed by atoms with E-state index in [1.54, 1.807) is 12.3 Å². The minimum atomic E-state index is -0.350. The summed E-state index contributed by atoms with van der Waals surface area (Å²) in [7, 11) is 0. The van der Waals surface area contributed by atoms with Crippen LogP contribution in [0.5, 0.6) is 0 Å². The third kappa shape index (κ3) is 3.16. The highest BCUT2D eigenvalue weighted by Gasteiger charge is 2.22. The van der Waals surface area contributed by atoms with Crippen LogP contribution in [0, 0.1) is 5.82 Å². The number of nitrogens with one attached hydrogen (secondary N) is 1. The normalized spacial score (nSPS) is 12.6. The molecule has 0 aliphatic carbocycles. The van der Waals surface area contributed by atoms with Crippen molar-refractivity contribution in [2.75, 3.05) is 6.54 Å². The maximum absolute atomic E-state index is 13.0. The summed E-state index contributed by atoms with van der Waals surface area (Å²) in [5.74, 6) is -0.350. The van der Waals surface area contributed by atoms with Gasteiger partial charge >= 0.3 is 0 Å². The summed E-state index contributed by atoms with van der Waals surface area (Å²) < 4.78 is 14.9. The van der Waals surface area contributed by atoms with Gasteiger partial charge in [0.15, 0.2) is 0 Å². The van der Waals surface area contributed by atoms with Crippen LogP contribution < -0.4 is 5.32 Å². The minimum Gasteiger partial charge on any atom is -0.304 e. The predicted molar refractivity (Wildman–Crippen MR) is 77.2 cm³/mol. The zero-order valence-electron chi connectivity index (χ0n) is 11.6. The molecule has 0 radical (unpaired) electrons. The highest BCUT2D eigenvalue weighted by atomic mass is 35.5. The number of aromatic nitrogens is 3. The van der Waals surface area contributed by atoms with Crippen molar-refractivity contribution >= 4 is 11.6 Å². The molecule has 0 spiro atoms. The Morgan fingerprint density at radius 1 is 1.35 bits per heavy atom. The second kappa shape index (κ2) is 6.81. The van der Waals surface area contributed by atoms with Gasteiger partial charge in [0.1, 0.15) is 5.82 Å². The molecule has 2 heterocycles. The van der Waals surface area contributed by atoms with Crippen molar-refractivity contribution in [3.05, 3.63) is 46.8 Å². The summed E-state index contributed by atoms with van der Waals surface area (Å²) in [6, 6.07) is 2.88. The van der Waals surface area contributed by atoms with Gasteiger partial charge in [-0.15, -0.1) is 0 Å². The van der Waals surface area contributed by atoms with Crippen LogP contribution in [0.1, 0.15) is 37.7 Å². The second-order valence-corrected chi connectivity index (χ2v) is 4.90. The van der Waals surface area contributed by atoms with E-state index >= 15 is 0 Å². The molecular weight excluding hydrogens is 279 g/mol. The van der Waals surface area contributed by atoms with Crippen molar-refractivity contribution in [3.8, 4) is 0 Å². The summed E-state index contributed by atoms with van der Waals surface area (Å²) in [5.41, 5.74) is 1.60. The van der Waals surface area contributed by atoms with Gasteiger partial charge in [0.25, 0.3) is 0 Å². The molecule has 4 nitrogen and oxygen atoms in total. The van der Waals surface area contributed by atoms with Crippen molar-refractivity contribution in [1.29, 1.82) is 0 Å². The Bertz CT molecular complexity index is 553. The lowest BCUT2D eigenvalue weighted by atomic mass is 10.1. The number of pyridine rings is 1. The summed E-state index contributed by atoms with van der Waals surface area (Å²) in [6.07, 6.45) is 3.81. The molecule has 0 aromatic carbocycles. The van der Waals surface area contributed by atoms with Crippen LogP contribution in [-0.2, 0) is 6.54 Å². The molecule has 2 rings (SSSR count). The van der Waals surface area contributed by atoms with Gasteiger partial charge in [0, 0.05) is 6.54 Å². The first-order valence-electron chi connectivity index (χ1n) is 6.73. The molecule has 0 fully saturated rings. The van der Waals surface area contributed by atoms with Crippen LogP contribution in [0.2, 0.25) is 5.02 Å². The van der Waals surface area contributed by atoms with Crippen molar-refractivity contribution < 1.29 is 4.39 Å². The van der Waals surface area contributed by atoms with Crippen molar-refractivity contribution in [3.63, 3.8) is 0 Å². The summed E-state index contributed by atoms with van der Waals surface area (Å²) in [5, 5.41) is 8.22. The van der Waals surface area contributed by atoms with Gasteiger partial charge in [0.2, 0.25) is 0 Å². The van der Waals surface area contributed by atoms with E-state index in [4.69, 9.17) is 11.6 Å². The third-order valence-corrected chi connectivity index (χ3v) is 3.29. The first-order chi connectivity index (χ1) is 9.67. The summed E-state index contributed by atoms with van der Waals surface area (Å²) >= 11 is 6.27. The standard InChI is InChI=1S/C14H18ClFN4/c1-3-7-20-14(11(15)9-19-20)13(17-4-2)12-6-5-10(16)8-18-12/h5-6,8-9,13,17H,3-4,7H2,1-2H3. The molecule has 0 bridgehead atoms. The van der Waals surface area contributed by atoms with Crippen LogP contribution in [0.3, 0.4) is 0 Å². The summed E-state index contributed by atoms with van der Waals surface area (Å²) in [6.45, 7) is 5.62. The molecule has 1 N–H and O–H groups in total. The molecule has 20 heavy (non-hydrogen) atoms. The molecule has 108 valence electrons. The van der Waals surface area contributed by atoms with E-state index < -0.39 is 0 Å². The topological polar surface area (TPSA) is 42.7 Å². The molecular formula is C14H18ClFN4. The van der Waals surface area contributed by atoms with Crippen LogP contribution >= 0.6 is 11.6 Å². The van der Waals surface area contributed by atoms with E-state index in [0.29, 0.717) is 5.02 Å². The molecule has 6 heteroatoms. The van der Waals surface area contributed by atoms with E-state index in [1.807, 2.05) is 11.6 Å². The van der Waals surface area contributed by atoms with Gasteiger partial charge in [0.05, 0.1) is 34.8 Å². The fourth-order valence-electron chi connectivity index (χ4n) is 2.15. The van der Waals surface area contributed by atoms with Crippen LogP contribution in [0.4, 0.5) is 4.39 Å². The van der Waals surface area contributed by atoms with E-state index in [1.165, 1.54) is 12.3 Å². The molecule has 0 aliphatic rings. The van der Waals surface area contributed by atoms with Gasteiger partial charge in [-0.25, -0.2) is 4.39 Å².